The van der Waals surface area contributed by atoms with Crippen molar-refractivity contribution in [2.75, 3.05) is 39.9 Å². The first-order valence-corrected chi connectivity index (χ1v) is 8.72. The van der Waals surface area contributed by atoms with Crippen molar-refractivity contribution in [1.82, 2.24) is 15.5 Å². The number of rotatable bonds is 5. The number of guanidine groups is 1. The van der Waals surface area contributed by atoms with Crippen molar-refractivity contribution < 1.29 is 9.13 Å². The molecule has 7 heteroatoms. The van der Waals surface area contributed by atoms with Gasteiger partial charge in [0.15, 0.2) is 5.96 Å². The SMILES string of the molecule is CN=C(NCC(c1ccc(F)cc1)N1CCOCC1)NC1CC1C.I. The molecular weight excluding hydrogens is 434 g/mol. The van der Waals surface area contributed by atoms with Crippen LogP contribution in [-0.2, 0) is 4.74 Å². The summed E-state index contributed by atoms with van der Waals surface area (Å²) in [5.74, 6) is 1.35. The number of aliphatic imine (C=N–C) groups is 1. The Kier molecular flexibility index (Phi) is 7.89. The van der Waals surface area contributed by atoms with Crippen LogP contribution in [-0.4, -0.2) is 56.8 Å². The molecule has 1 aromatic carbocycles. The van der Waals surface area contributed by atoms with E-state index in [1.165, 1.54) is 18.6 Å². The van der Waals surface area contributed by atoms with Gasteiger partial charge in [-0.1, -0.05) is 19.1 Å². The molecule has 3 atom stereocenters. The zero-order chi connectivity index (χ0) is 16.9. The fourth-order valence-electron chi connectivity index (χ4n) is 3.12. The number of morpholine rings is 1. The van der Waals surface area contributed by atoms with Crippen LogP contribution in [0.15, 0.2) is 29.3 Å². The van der Waals surface area contributed by atoms with E-state index in [0.717, 1.165) is 50.3 Å². The summed E-state index contributed by atoms with van der Waals surface area (Å²) in [5, 5.41) is 6.88. The van der Waals surface area contributed by atoms with Crippen molar-refractivity contribution in [3.8, 4) is 0 Å². The standard InChI is InChI=1S/C18H27FN4O.HI/c1-13-11-16(13)22-18(20-2)21-12-17(23-7-9-24-10-8-23)14-3-5-15(19)6-4-14;/h3-6,13,16-17H,7-12H2,1-2H3,(H2,20,21,22);1H. The first kappa shape index (κ1) is 20.4. The lowest BCUT2D eigenvalue weighted by atomic mass is 10.0. The van der Waals surface area contributed by atoms with Crippen LogP contribution in [0.3, 0.4) is 0 Å². The zero-order valence-electron chi connectivity index (χ0n) is 14.9. The van der Waals surface area contributed by atoms with Gasteiger partial charge in [0.05, 0.1) is 19.3 Å². The second kappa shape index (κ2) is 9.68. The number of halogens is 2. The first-order chi connectivity index (χ1) is 11.7. The van der Waals surface area contributed by atoms with E-state index in [1.807, 2.05) is 12.1 Å². The quantitative estimate of drug-likeness (QED) is 0.401. The highest BCUT2D eigenvalue weighted by Crippen LogP contribution is 2.28. The molecule has 3 unspecified atom stereocenters. The second-order valence-corrected chi connectivity index (χ2v) is 6.63. The molecule has 1 saturated carbocycles. The van der Waals surface area contributed by atoms with Crippen LogP contribution in [0.25, 0.3) is 0 Å². The van der Waals surface area contributed by atoms with Crippen LogP contribution in [0.1, 0.15) is 24.9 Å². The molecule has 25 heavy (non-hydrogen) atoms. The zero-order valence-corrected chi connectivity index (χ0v) is 17.2. The molecular formula is C18H28FIN4O. The summed E-state index contributed by atoms with van der Waals surface area (Å²) in [4.78, 5) is 6.70. The topological polar surface area (TPSA) is 48.9 Å². The lowest BCUT2D eigenvalue weighted by molar-refractivity contribution is 0.0170. The average Bonchev–Trinajstić information content (AvgIpc) is 3.31. The molecule has 140 valence electrons. The molecule has 2 N–H and O–H groups in total. The second-order valence-electron chi connectivity index (χ2n) is 6.63. The summed E-state index contributed by atoms with van der Waals surface area (Å²) >= 11 is 0. The highest BCUT2D eigenvalue weighted by molar-refractivity contribution is 14.0. The summed E-state index contributed by atoms with van der Waals surface area (Å²) in [6.45, 7) is 6.21. The Morgan fingerprint density at radius 2 is 1.96 bits per heavy atom. The van der Waals surface area contributed by atoms with Gasteiger partial charge in [-0.15, -0.1) is 24.0 Å². The lowest BCUT2D eigenvalue weighted by Gasteiger charge is -2.35. The van der Waals surface area contributed by atoms with Crippen LogP contribution in [0.5, 0.6) is 0 Å². The number of hydrogen-bond donors (Lipinski definition) is 2. The largest absolute Gasteiger partial charge is 0.379 e. The van der Waals surface area contributed by atoms with E-state index >= 15 is 0 Å². The van der Waals surface area contributed by atoms with E-state index in [4.69, 9.17) is 4.74 Å². The Hall–Kier alpha value is -0.930. The van der Waals surface area contributed by atoms with Gasteiger partial charge in [-0.2, -0.15) is 0 Å². The first-order valence-electron chi connectivity index (χ1n) is 8.72. The van der Waals surface area contributed by atoms with E-state index in [-0.39, 0.29) is 35.8 Å². The van der Waals surface area contributed by atoms with Crippen LogP contribution < -0.4 is 10.6 Å². The monoisotopic (exact) mass is 462 g/mol. The minimum atomic E-state index is -0.201. The van der Waals surface area contributed by atoms with Gasteiger partial charge in [-0.25, -0.2) is 4.39 Å². The molecule has 1 heterocycles. The molecule has 0 amide bonds. The number of hydrogen-bond acceptors (Lipinski definition) is 3. The third-order valence-electron chi connectivity index (χ3n) is 4.86. The summed E-state index contributed by atoms with van der Waals surface area (Å²) in [7, 11) is 1.80. The van der Waals surface area contributed by atoms with Gasteiger partial charge in [0.1, 0.15) is 5.82 Å². The minimum absolute atomic E-state index is 0. The van der Waals surface area contributed by atoms with Gasteiger partial charge in [0, 0.05) is 32.7 Å². The fourth-order valence-corrected chi connectivity index (χ4v) is 3.12. The van der Waals surface area contributed by atoms with Crippen molar-refractivity contribution in [3.63, 3.8) is 0 Å². The van der Waals surface area contributed by atoms with Gasteiger partial charge in [0.25, 0.3) is 0 Å². The van der Waals surface area contributed by atoms with Crippen molar-refractivity contribution in [2.45, 2.75) is 25.4 Å². The predicted octanol–water partition coefficient (Wildman–Crippen LogP) is 2.39. The molecule has 0 radical (unpaired) electrons. The normalized spacial score (nSPS) is 25.0. The summed E-state index contributed by atoms with van der Waals surface area (Å²) in [6.07, 6.45) is 1.20. The van der Waals surface area contributed by atoms with E-state index in [2.05, 4.69) is 27.4 Å². The van der Waals surface area contributed by atoms with Gasteiger partial charge < -0.3 is 15.4 Å². The summed E-state index contributed by atoms with van der Waals surface area (Å²) in [5.41, 5.74) is 1.11. The Balaban J connectivity index is 0.00000225. The lowest BCUT2D eigenvalue weighted by Crippen LogP contribution is -2.46. The van der Waals surface area contributed by atoms with E-state index < -0.39 is 0 Å². The van der Waals surface area contributed by atoms with Crippen molar-refractivity contribution in [2.24, 2.45) is 10.9 Å². The molecule has 0 aromatic heterocycles. The molecule has 0 spiro atoms. The van der Waals surface area contributed by atoms with E-state index in [9.17, 15) is 4.39 Å². The molecule has 0 bridgehead atoms. The maximum atomic E-state index is 13.3. The summed E-state index contributed by atoms with van der Waals surface area (Å²) < 4.78 is 18.7. The van der Waals surface area contributed by atoms with Crippen LogP contribution >= 0.6 is 24.0 Å². The summed E-state index contributed by atoms with van der Waals surface area (Å²) in [6, 6.07) is 7.50. The Labute approximate surface area is 166 Å². The highest BCUT2D eigenvalue weighted by Gasteiger charge is 2.33. The highest BCUT2D eigenvalue weighted by atomic mass is 127. The van der Waals surface area contributed by atoms with E-state index in [0.29, 0.717) is 6.04 Å². The van der Waals surface area contributed by atoms with Crippen molar-refractivity contribution >= 4 is 29.9 Å². The molecule has 1 saturated heterocycles. The third kappa shape index (κ3) is 5.79. The Morgan fingerprint density at radius 1 is 1.32 bits per heavy atom. The van der Waals surface area contributed by atoms with E-state index in [1.54, 1.807) is 7.05 Å². The van der Waals surface area contributed by atoms with Gasteiger partial charge >= 0.3 is 0 Å². The molecule has 2 fully saturated rings. The smallest absolute Gasteiger partial charge is 0.191 e. The van der Waals surface area contributed by atoms with Crippen molar-refractivity contribution in [3.05, 3.63) is 35.6 Å². The van der Waals surface area contributed by atoms with Crippen molar-refractivity contribution in [1.29, 1.82) is 0 Å². The van der Waals surface area contributed by atoms with Gasteiger partial charge in [0.2, 0.25) is 0 Å². The predicted molar refractivity (Wildman–Crippen MR) is 109 cm³/mol. The molecule has 3 rings (SSSR count). The van der Waals surface area contributed by atoms with Crippen LogP contribution in [0.2, 0.25) is 0 Å². The maximum Gasteiger partial charge on any atom is 0.191 e. The van der Waals surface area contributed by atoms with Gasteiger partial charge in [-0.3, -0.25) is 9.89 Å². The number of nitrogens with one attached hydrogen (secondary N) is 2. The van der Waals surface area contributed by atoms with Crippen LogP contribution in [0.4, 0.5) is 4.39 Å². The molecule has 1 aromatic rings. The third-order valence-corrected chi connectivity index (χ3v) is 4.86. The van der Waals surface area contributed by atoms with Gasteiger partial charge in [-0.05, 0) is 30.0 Å². The minimum Gasteiger partial charge on any atom is -0.379 e. The molecule has 5 nitrogen and oxygen atoms in total. The maximum absolute atomic E-state index is 13.3. The number of benzene rings is 1. The molecule has 1 aliphatic heterocycles. The fraction of sp³-hybridized carbons (Fsp3) is 0.611. The average molecular weight is 462 g/mol. The Bertz CT molecular complexity index is 563. The molecule has 1 aliphatic carbocycles. The number of nitrogens with zero attached hydrogens (tertiary/aromatic N) is 2. The number of ether oxygens (including phenoxy) is 1. The Morgan fingerprint density at radius 3 is 2.52 bits per heavy atom. The van der Waals surface area contributed by atoms with Crippen LogP contribution in [0, 0.1) is 11.7 Å². The molecule has 2 aliphatic rings.